The zero-order chi connectivity index (χ0) is 12.1. The largest absolute Gasteiger partial charge is 0.508 e. The van der Waals surface area contributed by atoms with Crippen LogP contribution in [0.1, 0.15) is 17.3 Å². The number of nitrogens with one attached hydrogen (secondary N) is 1. The molecule has 1 amide bonds. The summed E-state index contributed by atoms with van der Waals surface area (Å²) in [6, 6.07) is 4.18. The lowest BCUT2D eigenvalue weighted by atomic mass is 10.1. The van der Waals surface area contributed by atoms with Gasteiger partial charge < -0.3 is 15.5 Å². The SMILES string of the molecule is CC(CO)CNC(=O)c1cc(O)ccc1Cl. The molecular weight excluding hydrogens is 230 g/mol. The molecule has 3 N–H and O–H groups in total. The van der Waals surface area contributed by atoms with Gasteiger partial charge in [0.15, 0.2) is 0 Å². The average Bonchev–Trinajstić information content (AvgIpc) is 2.28. The Labute approximate surface area is 98.9 Å². The minimum absolute atomic E-state index is 0.00799. The molecule has 16 heavy (non-hydrogen) atoms. The van der Waals surface area contributed by atoms with Crippen LogP contribution < -0.4 is 5.32 Å². The van der Waals surface area contributed by atoms with Crippen molar-refractivity contribution in [1.82, 2.24) is 5.32 Å². The van der Waals surface area contributed by atoms with Gasteiger partial charge in [0, 0.05) is 13.2 Å². The van der Waals surface area contributed by atoms with Gasteiger partial charge >= 0.3 is 0 Å². The number of hydrogen-bond acceptors (Lipinski definition) is 3. The molecule has 1 atom stereocenters. The molecule has 1 aromatic rings. The van der Waals surface area contributed by atoms with Crippen LogP contribution in [0, 0.1) is 5.92 Å². The summed E-state index contributed by atoms with van der Waals surface area (Å²) >= 11 is 5.82. The van der Waals surface area contributed by atoms with Crippen LogP contribution in [0.3, 0.4) is 0 Å². The summed E-state index contributed by atoms with van der Waals surface area (Å²) in [6.07, 6.45) is 0. The molecule has 0 heterocycles. The third-order valence-corrected chi connectivity index (χ3v) is 2.45. The van der Waals surface area contributed by atoms with E-state index in [-0.39, 0.29) is 34.8 Å². The minimum atomic E-state index is -0.360. The third kappa shape index (κ3) is 3.40. The van der Waals surface area contributed by atoms with Crippen molar-refractivity contribution in [3.05, 3.63) is 28.8 Å². The molecule has 0 aliphatic carbocycles. The first-order chi connectivity index (χ1) is 7.54. The van der Waals surface area contributed by atoms with Gasteiger partial charge in [-0.15, -0.1) is 0 Å². The summed E-state index contributed by atoms with van der Waals surface area (Å²) in [6.45, 7) is 2.18. The quantitative estimate of drug-likeness (QED) is 0.749. The van der Waals surface area contributed by atoms with Crippen LogP contribution in [-0.4, -0.2) is 29.3 Å². The Bertz CT molecular complexity index is 381. The average molecular weight is 244 g/mol. The van der Waals surface area contributed by atoms with E-state index in [9.17, 15) is 9.90 Å². The van der Waals surface area contributed by atoms with Crippen molar-refractivity contribution in [3.8, 4) is 5.75 Å². The molecule has 0 saturated heterocycles. The van der Waals surface area contributed by atoms with Crippen LogP contribution in [0.25, 0.3) is 0 Å². The lowest BCUT2D eigenvalue weighted by Crippen LogP contribution is -2.29. The van der Waals surface area contributed by atoms with Gasteiger partial charge in [-0.25, -0.2) is 0 Å². The monoisotopic (exact) mass is 243 g/mol. The third-order valence-electron chi connectivity index (χ3n) is 2.12. The lowest BCUT2D eigenvalue weighted by molar-refractivity contribution is 0.0942. The number of aliphatic hydroxyl groups is 1. The molecule has 0 spiro atoms. The van der Waals surface area contributed by atoms with Crippen LogP contribution in [0.4, 0.5) is 0 Å². The zero-order valence-corrected chi connectivity index (χ0v) is 9.66. The van der Waals surface area contributed by atoms with E-state index in [2.05, 4.69) is 5.32 Å². The van der Waals surface area contributed by atoms with E-state index in [1.165, 1.54) is 18.2 Å². The summed E-state index contributed by atoms with van der Waals surface area (Å²) in [7, 11) is 0. The number of phenolic OH excluding ortho intramolecular Hbond substituents is 1. The summed E-state index contributed by atoms with van der Waals surface area (Å²) in [5.41, 5.74) is 0.229. The van der Waals surface area contributed by atoms with Crippen molar-refractivity contribution in [2.24, 2.45) is 5.92 Å². The van der Waals surface area contributed by atoms with Gasteiger partial charge in [0.2, 0.25) is 0 Å². The number of carbonyl (C=O) groups excluding carboxylic acids is 1. The second-order valence-corrected chi connectivity index (χ2v) is 4.07. The molecule has 0 aliphatic heterocycles. The normalized spacial score (nSPS) is 12.2. The number of amides is 1. The molecular formula is C11H14ClNO3. The number of halogens is 1. The Kier molecular flexibility index (Phi) is 4.58. The van der Waals surface area contributed by atoms with Gasteiger partial charge in [0.1, 0.15) is 5.75 Å². The van der Waals surface area contributed by atoms with E-state index < -0.39 is 0 Å². The van der Waals surface area contributed by atoms with Gasteiger partial charge in [0.05, 0.1) is 10.6 Å². The first-order valence-electron chi connectivity index (χ1n) is 4.92. The Morgan fingerprint density at radius 2 is 2.25 bits per heavy atom. The number of phenols is 1. The predicted octanol–water partition coefficient (Wildman–Crippen LogP) is 1.40. The Morgan fingerprint density at radius 3 is 2.88 bits per heavy atom. The lowest BCUT2D eigenvalue weighted by Gasteiger charge is -2.10. The standard InChI is InChI=1S/C11H14ClNO3/c1-7(6-14)5-13-11(16)9-4-8(15)2-3-10(9)12/h2-4,7,14-15H,5-6H2,1H3,(H,13,16). The number of aromatic hydroxyl groups is 1. The number of aliphatic hydroxyl groups excluding tert-OH is 1. The maximum atomic E-state index is 11.6. The molecule has 4 nitrogen and oxygen atoms in total. The number of benzene rings is 1. The van der Waals surface area contributed by atoms with E-state index in [1.807, 2.05) is 6.92 Å². The summed E-state index contributed by atoms with van der Waals surface area (Å²) in [4.78, 5) is 11.6. The van der Waals surface area contributed by atoms with Gasteiger partial charge in [-0.1, -0.05) is 18.5 Å². The van der Waals surface area contributed by atoms with Crippen LogP contribution in [-0.2, 0) is 0 Å². The van der Waals surface area contributed by atoms with Gasteiger partial charge in [0.25, 0.3) is 5.91 Å². The number of rotatable bonds is 4. The van der Waals surface area contributed by atoms with Crippen molar-refractivity contribution < 1.29 is 15.0 Å². The smallest absolute Gasteiger partial charge is 0.252 e. The Balaban J connectivity index is 2.69. The molecule has 0 fully saturated rings. The number of hydrogen-bond donors (Lipinski definition) is 3. The number of carbonyl (C=O) groups is 1. The van der Waals surface area contributed by atoms with Gasteiger partial charge in [-0.2, -0.15) is 0 Å². The van der Waals surface area contributed by atoms with Crippen molar-refractivity contribution in [3.63, 3.8) is 0 Å². The van der Waals surface area contributed by atoms with E-state index >= 15 is 0 Å². The van der Waals surface area contributed by atoms with Crippen LogP contribution in [0.5, 0.6) is 5.75 Å². The summed E-state index contributed by atoms with van der Waals surface area (Å²) < 4.78 is 0. The first kappa shape index (κ1) is 12.8. The molecule has 0 radical (unpaired) electrons. The molecule has 0 saturated carbocycles. The highest BCUT2D eigenvalue weighted by Crippen LogP contribution is 2.20. The molecule has 0 aromatic heterocycles. The molecule has 1 unspecified atom stereocenters. The summed E-state index contributed by atoms with van der Waals surface area (Å²) in [5, 5.41) is 20.9. The van der Waals surface area contributed by atoms with E-state index in [4.69, 9.17) is 16.7 Å². The fourth-order valence-electron chi connectivity index (χ4n) is 1.11. The van der Waals surface area contributed by atoms with Crippen molar-refractivity contribution in [1.29, 1.82) is 0 Å². The van der Waals surface area contributed by atoms with Gasteiger partial charge in [-0.3, -0.25) is 4.79 Å². The van der Waals surface area contributed by atoms with Crippen LogP contribution in [0.2, 0.25) is 5.02 Å². The van der Waals surface area contributed by atoms with Crippen molar-refractivity contribution in [2.75, 3.05) is 13.2 Å². The fraction of sp³-hybridized carbons (Fsp3) is 0.364. The van der Waals surface area contributed by atoms with E-state index in [0.29, 0.717) is 6.54 Å². The van der Waals surface area contributed by atoms with Gasteiger partial charge in [-0.05, 0) is 24.1 Å². The van der Waals surface area contributed by atoms with Crippen molar-refractivity contribution >= 4 is 17.5 Å². The topological polar surface area (TPSA) is 69.6 Å². The highest BCUT2D eigenvalue weighted by molar-refractivity contribution is 6.33. The van der Waals surface area contributed by atoms with Crippen molar-refractivity contribution in [2.45, 2.75) is 6.92 Å². The molecule has 88 valence electrons. The minimum Gasteiger partial charge on any atom is -0.508 e. The Morgan fingerprint density at radius 1 is 1.56 bits per heavy atom. The second kappa shape index (κ2) is 5.72. The summed E-state index contributed by atoms with van der Waals surface area (Å²) in [5.74, 6) is -0.383. The molecule has 0 bridgehead atoms. The van der Waals surface area contributed by atoms with Crippen LogP contribution in [0.15, 0.2) is 18.2 Å². The maximum absolute atomic E-state index is 11.6. The van der Waals surface area contributed by atoms with E-state index in [1.54, 1.807) is 0 Å². The van der Waals surface area contributed by atoms with Crippen LogP contribution >= 0.6 is 11.6 Å². The molecule has 5 heteroatoms. The fourth-order valence-corrected chi connectivity index (χ4v) is 1.32. The second-order valence-electron chi connectivity index (χ2n) is 3.66. The molecule has 1 aromatic carbocycles. The highest BCUT2D eigenvalue weighted by atomic mass is 35.5. The molecule has 0 aliphatic rings. The zero-order valence-electron chi connectivity index (χ0n) is 8.90. The molecule has 1 rings (SSSR count). The first-order valence-corrected chi connectivity index (χ1v) is 5.30. The predicted molar refractivity (Wildman–Crippen MR) is 61.7 cm³/mol. The Hall–Kier alpha value is -1.26. The maximum Gasteiger partial charge on any atom is 0.252 e. The van der Waals surface area contributed by atoms with E-state index in [0.717, 1.165) is 0 Å². The highest BCUT2D eigenvalue weighted by Gasteiger charge is 2.11.